The first-order chi connectivity index (χ1) is 16.3. The number of allylic oxidation sites excluding steroid dienone is 1. The lowest BCUT2D eigenvalue weighted by Crippen LogP contribution is -2.36. The molecule has 2 aromatic carbocycles. The van der Waals surface area contributed by atoms with Gasteiger partial charge in [0.25, 0.3) is 0 Å². The fraction of sp³-hybridized carbons (Fsp3) is 0.192. The van der Waals surface area contributed by atoms with Crippen molar-refractivity contribution in [3.8, 4) is 22.9 Å². The number of aromatic nitrogens is 2. The number of ketones is 1. The van der Waals surface area contributed by atoms with E-state index in [0.717, 1.165) is 5.69 Å². The van der Waals surface area contributed by atoms with Crippen LogP contribution in [0.5, 0.6) is 17.2 Å². The predicted molar refractivity (Wildman–Crippen MR) is 124 cm³/mol. The van der Waals surface area contributed by atoms with E-state index in [9.17, 15) is 14.7 Å². The van der Waals surface area contributed by atoms with E-state index < -0.39 is 5.41 Å². The number of benzene rings is 2. The molecular formula is C26H20N2O6. The van der Waals surface area contributed by atoms with Gasteiger partial charge in [0.05, 0.1) is 41.6 Å². The van der Waals surface area contributed by atoms with Gasteiger partial charge in [0.1, 0.15) is 39.4 Å². The predicted octanol–water partition coefficient (Wildman–Crippen LogP) is 4.20. The molecule has 3 heterocycles. The minimum Gasteiger partial charge on any atom is -0.507 e. The average Bonchev–Trinajstić information content (AvgIpc) is 3.32. The Morgan fingerprint density at radius 3 is 2.56 bits per heavy atom. The molecule has 1 aliphatic heterocycles. The molecule has 6 rings (SSSR count). The van der Waals surface area contributed by atoms with Crippen LogP contribution in [0, 0.1) is 13.8 Å². The molecule has 0 radical (unpaired) electrons. The summed E-state index contributed by atoms with van der Waals surface area (Å²) in [6.45, 7) is 5.13. The van der Waals surface area contributed by atoms with E-state index in [2.05, 4.69) is 5.10 Å². The summed E-state index contributed by atoms with van der Waals surface area (Å²) in [5.74, 6) is 0.793. The van der Waals surface area contributed by atoms with Crippen LogP contribution in [0.4, 0.5) is 0 Å². The van der Waals surface area contributed by atoms with E-state index >= 15 is 0 Å². The number of fused-ring (bicyclic) bond motifs is 6. The number of rotatable bonds is 2. The van der Waals surface area contributed by atoms with Gasteiger partial charge in [-0.05, 0) is 45.0 Å². The molecule has 1 N–H and O–H groups in total. The quantitative estimate of drug-likeness (QED) is 0.482. The van der Waals surface area contributed by atoms with E-state index in [0.29, 0.717) is 34.0 Å². The molecule has 0 saturated heterocycles. The Labute approximate surface area is 193 Å². The van der Waals surface area contributed by atoms with Gasteiger partial charge in [-0.15, -0.1) is 0 Å². The summed E-state index contributed by atoms with van der Waals surface area (Å²) >= 11 is 0. The van der Waals surface area contributed by atoms with E-state index in [-0.39, 0.29) is 39.2 Å². The second-order valence-corrected chi connectivity index (χ2v) is 8.69. The molecule has 4 aromatic rings. The Morgan fingerprint density at radius 1 is 1.12 bits per heavy atom. The number of carbonyl (C=O) groups is 1. The number of hydrogen-bond donors (Lipinski definition) is 1. The SMILES string of the molecule is COc1ccc(-n2nc(C)c3c2C=C2Oc4c(c(O)c(C)c5occc(=O)c45)[C@@]2(C)C3=O)cc1. The fourth-order valence-corrected chi connectivity index (χ4v) is 4.99. The molecule has 170 valence electrons. The van der Waals surface area contributed by atoms with Crippen LogP contribution in [-0.4, -0.2) is 27.8 Å². The van der Waals surface area contributed by atoms with Crippen molar-refractivity contribution in [1.29, 1.82) is 0 Å². The summed E-state index contributed by atoms with van der Waals surface area (Å²) in [4.78, 5) is 26.8. The standard InChI is InChI=1S/C26H20N2O6/c1-12-22(30)21-24(20-17(29)9-10-33-23(12)20)34-18-11-16-19(25(31)26(18,21)3)13(2)27-28(16)14-5-7-15(32-4)8-6-14/h5-11,30H,1-4H3/t26-/m0/s1. The van der Waals surface area contributed by atoms with Crippen LogP contribution in [0.15, 0.2) is 51.6 Å². The smallest absolute Gasteiger partial charge is 0.196 e. The van der Waals surface area contributed by atoms with E-state index in [1.165, 1.54) is 12.3 Å². The minimum atomic E-state index is -1.31. The van der Waals surface area contributed by atoms with Crippen molar-refractivity contribution < 1.29 is 23.8 Å². The highest BCUT2D eigenvalue weighted by Gasteiger charge is 2.55. The maximum absolute atomic E-state index is 14.0. The van der Waals surface area contributed by atoms with Crippen LogP contribution >= 0.6 is 0 Å². The van der Waals surface area contributed by atoms with E-state index in [4.69, 9.17) is 13.9 Å². The first-order valence-electron chi connectivity index (χ1n) is 10.7. The van der Waals surface area contributed by atoms with Gasteiger partial charge in [-0.1, -0.05) is 0 Å². The molecule has 0 spiro atoms. The summed E-state index contributed by atoms with van der Waals surface area (Å²) in [6, 6.07) is 8.62. The number of phenolic OH excluding ortho intramolecular Hbond substituents is 1. The van der Waals surface area contributed by atoms with Crippen LogP contribution in [0.25, 0.3) is 22.7 Å². The maximum atomic E-state index is 14.0. The highest BCUT2D eigenvalue weighted by molar-refractivity contribution is 6.14. The molecule has 8 nitrogen and oxygen atoms in total. The number of Topliss-reactive ketones (excluding diaryl/α,β-unsaturated/α-hetero) is 1. The number of carbonyl (C=O) groups excluding carboxylic acids is 1. The molecule has 1 atom stereocenters. The summed E-state index contributed by atoms with van der Waals surface area (Å²) in [5.41, 5.74) is 1.57. The molecular weight excluding hydrogens is 436 g/mol. The normalized spacial score (nSPS) is 18.2. The number of methoxy groups -OCH3 is 1. The summed E-state index contributed by atoms with van der Waals surface area (Å²) in [7, 11) is 1.59. The Morgan fingerprint density at radius 2 is 1.85 bits per heavy atom. The molecule has 1 aliphatic carbocycles. The molecule has 0 saturated carbocycles. The Balaban J connectivity index is 1.63. The van der Waals surface area contributed by atoms with Crippen LogP contribution < -0.4 is 14.9 Å². The number of aryl methyl sites for hydroxylation is 2. The Hall–Kier alpha value is -4.33. The fourth-order valence-electron chi connectivity index (χ4n) is 4.99. The number of nitrogens with zero attached hydrogens (tertiary/aromatic N) is 2. The number of hydrogen-bond acceptors (Lipinski definition) is 7. The summed E-state index contributed by atoms with van der Waals surface area (Å²) in [5, 5.41) is 15.9. The van der Waals surface area contributed by atoms with E-state index in [1.54, 1.807) is 38.6 Å². The first kappa shape index (κ1) is 20.3. The van der Waals surface area contributed by atoms with Gasteiger partial charge in [-0.3, -0.25) is 9.59 Å². The minimum absolute atomic E-state index is 0.125. The molecule has 0 fully saturated rings. The third-order valence-electron chi connectivity index (χ3n) is 6.83. The molecule has 0 bridgehead atoms. The van der Waals surface area contributed by atoms with Gasteiger partial charge in [0, 0.05) is 17.7 Å². The average molecular weight is 456 g/mol. The third-order valence-corrected chi connectivity index (χ3v) is 6.83. The summed E-state index contributed by atoms with van der Waals surface area (Å²) < 4.78 is 18.6. The third kappa shape index (κ3) is 2.34. The van der Waals surface area contributed by atoms with Crippen LogP contribution in [0.2, 0.25) is 0 Å². The highest BCUT2D eigenvalue weighted by Crippen LogP contribution is 2.57. The van der Waals surface area contributed by atoms with E-state index in [1.807, 2.05) is 24.3 Å². The number of aromatic hydroxyl groups is 1. The largest absolute Gasteiger partial charge is 0.507 e. The molecule has 2 aromatic heterocycles. The van der Waals surface area contributed by atoms with Crippen molar-refractivity contribution in [2.75, 3.05) is 7.11 Å². The number of ether oxygens (including phenoxy) is 2. The van der Waals surface area contributed by atoms with Gasteiger partial charge in [0.15, 0.2) is 11.2 Å². The van der Waals surface area contributed by atoms with Crippen LogP contribution in [0.3, 0.4) is 0 Å². The van der Waals surface area contributed by atoms with Crippen molar-refractivity contribution >= 4 is 22.8 Å². The molecule has 2 aliphatic rings. The molecule has 0 amide bonds. The van der Waals surface area contributed by atoms with Crippen molar-refractivity contribution in [3.63, 3.8) is 0 Å². The van der Waals surface area contributed by atoms with Crippen LogP contribution in [0.1, 0.15) is 39.8 Å². The van der Waals surface area contributed by atoms with Crippen molar-refractivity contribution in [1.82, 2.24) is 9.78 Å². The zero-order valence-electron chi connectivity index (χ0n) is 18.9. The lowest BCUT2D eigenvalue weighted by molar-refractivity contribution is 0.0905. The zero-order valence-corrected chi connectivity index (χ0v) is 18.9. The van der Waals surface area contributed by atoms with Gasteiger partial charge in [-0.25, -0.2) is 4.68 Å². The van der Waals surface area contributed by atoms with Gasteiger partial charge in [0.2, 0.25) is 0 Å². The first-order valence-corrected chi connectivity index (χ1v) is 10.7. The van der Waals surface area contributed by atoms with Gasteiger partial charge >= 0.3 is 0 Å². The summed E-state index contributed by atoms with van der Waals surface area (Å²) in [6.07, 6.45) is 3.03. The molecule has 8 heteroatoms. The molecule has 34 heavy (non-hydrogen) atoms. The van der Waals surface area contributed by atoms with Gasteiger partial charge in [-0.2, -0.15) is 5.10 Å². The second kappa shape index (κ2) is 6.60. The lowest BCUT2D eigenvalue weighted by Gasteiger charge is -2.27. The maximum Gasteiger partial charge on any atom is 0.196 e. The highest BCUT2D eigenvalue weighted by atomic mass is 16.5. The van der Waals surface area contributed by atoms with Crippen molar-refractivity contribution in [2.24, 2.45) is 0 Å². The second-order valence-electron chi connectivity index (χ2n) is 8.69. The van der Waals surface area contributed by atoms with Crippen molar-refractivity contribution in [2.45, 2.75) is 26.2 Å². The lowest BCUT2D eigenvalue weighted by atomic mass is 9.71. The van der Waals surface area contributed by atoms with Gasteiger partial charge < -0.3 is 19.0 Å². The Bertz CT molecular complexity index is 1640. The zero-order chi connectivity index (χ0) is 23.9. The van der Waals surface area contributed by atoms with Crippen molar-refractivity contribution in [3.05, 3.63) is 80.7 Å². The topological polar surface area (TPSA) is 104 Å². The number of phenols is 1. The van der Waals surface area contributed by atoms with Crippen LogP contribution in [-0.2, 0) is 5.41 Å². The monoisotopic (exact) mass is 456 g/mol. The molecule has 0 unspecified atom stereocenters. The Kier molecular flexibility index (Phi) is 3.94.